The van der Waals surface area contributed by atoms with E-state index in [9.17, 15) is 9.59 Å². The summed E-state index contributed by atoms with van der Waals surface area (Å²) in [4.78, 5) is 23.9. The van der Waals surface area contributed by atoms with Gasteiger partial charge in [-0.25, -0.2) is 4.79 Å². The minimum atomic E-state index is -0.634. The highest BCUT2D eigenvalue weighted by atomic mass is 79.9. The topological polar surface area (TPSA) is 64.6 Å². The first-order valence-electron chi connectivity index (χ1n) is 6.56. The van der Waals surface area contributed by atoms with Crippen LogP contribution in [0.4, 0.5) is 5.69 Å². The minimum Gasteiger partial charge on any atom is -0.497 e. The molecule has 2 aromatic carbocycles. The fourth-order valence-electron chi connectivity index (χ4n) is 1.75. The maximum atomic E-state index is 12.0. The van der Waals surface area contributed by atoms with E-state index < -0.39 is 18.5 Å². The van der Waals surface area contributed by atoms with Crippen LogP contribution in [0.25, 0.3) is 0 Å². The Kier molecular flexibility index (Phi) is 6.01. The monoisotopic (exact) mass is 397 g/mol. The molecule has 2 rings (SSSR count). The van der Waals surface area contributed by atoms with Crippen LogP contribution in [0.5, 0.6) is 5.75 Å². The fourth-order valence-corrected chi connectivity index (χ4v) is 2.34. The van der Waals surface area contributed by atoms with Gasteiger partial charge in [0.25, 0.3) is 5.91 Å². The second kappa shape index (κ2) is 7.99. The third kappa shape index (κ3) is 4.71. The predicted molar refractivity (Wildman–Crippen MR) is 91.1 cm³/mol. The number of hydrogen-bond acceptors (Lipinski definition) is 4. The Morgan fingerprint density at radius 2 is 1.96 bits per heavy atom. The van der Waals surface area contributed by atoms with Crippen molar-refractivity contribution in [2.24, 2.45) is 0 Å². The lowest BCUT2D eigenvalue weighted by molar-refractivity contribution is -0.119. The number of hydrogen-bond donors (Lipinski definition) is 1. The van der Waals surface area contributed by atoms with E-state index in [0.717, 1.165) is 0 Å². The van der Waals surface area contributed by atoms with Gasteiger partial charge in [-0.05, 0) is 46.3 Å². The molecule has 0 aliphatic heterocycles. The maximum absolute atomic E-state index is 12.0. The van der Waals surface area contributed by atoms with E-state index in [1.165, 1.54) is 13.2 Å². The molecule has 0 unspecified atom stereocenters. The number of esters is 1. The first-order chi connectivity index (χ1) is 11.0. The van der Waals surface area contributed by atoms with E-state index in [4.69, 9.17) is 21.1 Å². The van der Waals surface area contributed by atoms with Crippen LogP contribution in [-0.4, -0.2) is 25.6 Å². The standard InChI is InChI=1S/C16H13BrClNO4/c1-22-10-6-7-12(17)11(8-10)16(21)23-9-15(20)19-14-5-3-2-4-13(14)18/h2-8H,9H2,1H3,(H,19,20). The van der Waals surface area contributed by atoms with Gasteiger partial charge < -0.3 is 14.8 Å². The Morgan fingerprint density at radius 1 is 1.22 bits per heavy atom. The van der Waals surface area contributed by atoms with Gasteiger partial charge in [0.2, 0.25) is 0 Å². The molecule has 7 heteroatoms. The molecule has 0 aliphatic rings. The SMILES string of the molecule is COc1ccc(Br)c(C(=O)OCC(=O)Nc2ccccc2Cl)c1. The first-order valence-corrected chi connectivity index (χ1v) is 7.73. The lowest BCUT2D eigenvalue weighted by atomic mass is 10.2. The molecule has 0 radical (unpaired) electrons. The molecule has 0 atom stereocenters. The number of carbonyl (C=O) groups is 2. The van der Waals surface area contributed by atoms with Crippen LogP contribution in [0.2, 0.25) is 5.02 Å². The highest BCUT2D eigenvalue weighted by Gasteiger charge is 2.15. The molecule has 23 heavy (non-hydrogen) atoms. The third-order valence-corrected chi connectivity index (χ3v) is 3.90. The van der Waals surface area contributed by atoms with Crippen molar-refractivity contribution in [1.82, 2.24) is 0 Å². The summed E-state index contributed by atoms with van der Waals surface area (Å²) in [5.41, 5.74) is 0.729. The van der Waals surface area contributed by atoms with Gasteiger partial charge in [0.15, 0.2) is 6.61 Å². The van der Waals surface area contributed by atoms with Crippen molar-refractivity contribution in [2.45, 2.75) is 0 Å². The van der Waals surface area contributed by atoms with Gasteiger partial charge in [0.05, 0.1) is 23.4 Å². The molecular weight excluding hydrogens is 386 g/mol. The largest absolute Gasteiger partial charge is 0.497 e. The summed E-state index contributed by atoms with van der Waals surface area (Å²) in [5, 5.41) is 2.97. The number of amides is 1. The molecule has 0 aliphatic carbocycles. The molecule has 5 nitrogen and oxygen atoms in total. The van der Waals surface area contributed by atoms with Crippen LogP contribution >= 0.6 is 27.5 Å². The average molecular weight is 399 g/mol. The van der Waals surface area contributed by atoms with Crippen LogP contribution in [-0.2, 0) is 9.53 Å². The van der Waals surface area contributed by atoms with Crippen LogP contribution in [0.1, 0.15) is 10.4 Å². The van der Waals surface area contributed by atoms with E-state index in [-0.39, 0.29) is 5.56 Å². The third-order valence-electron chi connectivity index (χ3n) is 2.88. The molecule has 1 N–H and O–H groups in total. The Balaban J connectivity index is 1.96. The lowest BCUT2D eigenvalue weighted by Gasteiger charge is -2.09. The second-order valence-corrected chi connectivity index (χ2v) is 5.71. The van der Waals surface area contributed by atoms with Crippen LogP contribution in [0, 0.1) is 0 Å². The fraction of sp³-hybridized carbons (Fsp3) is 0.125. The van der Waals surface area contributed by atoms with Crippen molar-refractivity contribution in [3.63, 3.8) is 0 Å². The molecule has 0 fully saturated rings. The number of para-hydroxylation sites is 1. The molecular formula is C16H13BrClNO4. The van der Waals surface area contributed by atoms with Gasteiger partial charge in [0, 0.05) is 4.47 Å². The van der Waals surface area contributed by atoms with Crippen LogP contribution in [0.3, 0.4) is 0 Å². The smallest absolute Gasteiger partial charge is 0.339 e. The number of anilines is 1. The first kappa shape index (κ1) is 17.3. The minimum absolute atomic E-state index is 0.273. The summed E-state index contributed by atoms with van der Waals surface area (Å²) in [7, 11) is 1.50. The van der Waals surface area contributed by atoms with E-state index in [1.807, 2.05) is 0 Å². The van der Waals surface area contributed by atoms with Crippen molar-refractivity contribution in [2.75, 3.05) is 19.0 Å². The van der Waals surface area contributed by atoms with Crippen molar-refractivity contribution in [3.8, 4) is 5.75 Å². The zero-order valence-electron chi connectivity index (χ0n) is 12.1. The van der Waals surface area contributed by atoms with Crippen molar-refractivity contribution in [3.05, 3.63) is 57.5 Å². The number of ether oxygens (including phenoxy) is 2. The second-order valence-electron chi connectivity index (χ2n) is 4.45. The van der Waals surface area contributed by atoms with Crippen LogP contribution in [0.15, 0.2) is 46.9 Å². The normalized spacial score (nSPS) is 10.0. The molecule has 1 amide bonds. The number of methoxy groups -OCH3 is 1. The molecule has 0 saturated carbocycles. The number of halogens is 2. The molecule has 0 heterocycles. The van der Waals surface area contributed by atoms with Gasteiger partial charge >= 0.3 is 5.97 Å². The summed E-state index contributed by atoms with van der Waals surface area (Å²) in [6, 6.07) is 11.7. The van der Waals surface area contributed by atoms with Gasteiger partial charge in [-0.1, -0.05) is 23.7 Å². The van der Waals surface area contributed by atoms with Gasteiger partial charge in [-0.15, -0.1) is 0 Å². The molecule has 120 valence electrons. The quantitative estimate of drug-likeness (QED) is 0.776. The Bertz CT molecular complexity index is 736. The van der Waals surface area contributed by atoms with Crippen molar-refractivity contribution < 1.29 is 19.1 Å². The highest BCUT2D eigenvalue weighted by molar-refractivity contribution is 9.10. The number of carbonyl (C=O) groups excluding carboxylic acids is 2. The van der Waals surface area contributed by atoms with E-state index in [2.05, 4.69) is 21.2 Å². The van der Waals surface area contributed by atoms with Gasteiger partial charge in [-0.2, -0.15) is 0 Å². The summed E-state index contributed by atoms with van der Waals surface area (Å²) >= 11 is 9.19. The van der Waals surface area contributed by atoms with Gasteiger partial charge in [0.1, 0.15) is 5.75 Å². The number of rotatable bonds is 5. The Labute approximate surface area is 146 Å². The van der Waals surface area contributed by atoms with Gasteiger partial charge in [-0.3, -0.25) is 4.79 Å². The number of benzene rings is 2. The Hall–Kier alpha value is -2.05. The van der Waals surface area contributed by atoms with Crippen molar-refractivity contribution in [1.29, 1.82) is 0 Å². The van der Waals surface area contributed by atoms with Crippen LogP contribution < -0.4 is 10.1 Å². The van der Waals surface area contributed by atoms with E-state index >= 15 is 0 Å². The molecule has 0 saturated heterocycles. The summed E-state index contributed by atoms with van der Waals surface area (Å²) in [6.07, 6.45) is 0. The average Bonchev–Trinajstić information content (AvgIpc) is 2.55. The molecule has 2 aromatic rings. The summed E-state index contributed by atoms with van der Waals surface area (Å²) in [6.45, 7) is -0.423. The summed E-state index contributed by atoms with van der Waals surface area (Å²) in [5.74, 6) is -0.601. The number of nitrogens with one attached hydrogen (secondary N) is 1. The molecule has 0 aromatic heterocycles. The van der Waals surface area contributed by atoms with Crippen molar-refractivity contribution >= 4 is 45.1 Å². The Morgan fingerprint density at radius 3 is 2.65 bits per heavy atom. The van der Waals surface area contributed by atoms with E-state index in [0.29, 0.717) is 20.9 Å². The lowest BCUT2D eigenvalue weighted by Crippen LogP contribution is -2.21. The summed E-state index contributed by atoms with van der Waals surface area (Å²) < 4.78 is 10.6. The highest BCUT2D eigenvalue weighted by Crippen LogP contribution is 2.23. The molecule has 0 spiro atoms. The zero-order valence-corrected chi connectivity index (χ0v) is 14.5. The predicted octanol–water partition coefficient (Wildman–Crippen LogP) is 3.91. The maximum Gasteiger partial charge on any atom is 0.339 e. The zero-order chi connectivity index (χ0) is 16.8. The molecule has 0 bridgehead atoms. The van der Waals surface area contributed by atoms with E-state index in [1.54, 1.807) is 36.4 Å².